The third-order valence-corrected chi connectivity index (χ3v) is 9.04. The molecule has 4 saturated heterocycles. The van der Waals surface area contributed by atoms with Gasteiger partial charge in [-0.15, -0.1) is 0 Å². The van der Waals surface area contributed by atoms with Gasteiger partial charge < -0.3 is 14.8 Å². The first kappa shape index (κ1) is 20.9. The molecule has 7 nitrogen and oxygen atoms in total. The van der Waals surface area contributed by atoms with E-state index in [-0.39, 0.29) is 23.7 Å². The molecule has 35 heavy (non-hydrogen) atoms. The number of piperidine rings is 1. The first-order chi connectivity index (χ1) is 16.7. The molecule has 1 amide bonds. The number of allylic oxidation sites excluding steroid dienone is 1. The van der Waals surface area contributed by atoms with Crippen LogP contribution in [0.3, 0.4) is 0 Å². The Balaban J connectivity index is 1.38. The Morgan fingerprint density at radius 1 is 1.17 bits per heavy atom. The van der Waals surface area contributed by atoms with Crippen molar-refractivity contribution in [2.24, 2.45) is 11.3 Å². The number of carbonyl (C=O) groups excluding carboxylic acids is 2. The number of carbonyl (C=O) groups is 2. The van der Waals surface area contributed by atoms with E-state index in [1.165, 1.54) is 0 Å². The van der Waals surface area contributed by atoms with Gasteiger partial charge in [-0.3, -0.25) is 14.9 Å². The van der Waals surface area contributed by atoms with Gasteiger partial charge >= 0.3 is 0 Å². The summed E-state index contributed by atoms with van der Waals surface area (Å²) in [6, 6.07) is 14.8. The monoisotopic (exact) mass is 469 g/mol. The van der Waals surface area contributed by atoms with E-state index in [1.54, 1.807) is 19.1 Å². The van der Waals surface area contributed by atoms with Crippen molar-refractivity contribution in [1.29, 1.82) is 0 Å². The predicted molar refractivity (Wildman–Crippen MR) is 131 cm³/mol. The number of hydrogen-bond donors (Lipinski definition) is 1. The summed E-state index contributed by atoms with van der Waals surface area (Å²) < 4.78 is 7.06. The lowest BCUT2D eigenvalue weighted by Crippen LogP contribution is -2.93. The molecule has 6 aliphatic rings. The van der Waals surface area contributed by atoms with Gasteiger partial charge in [-0.1, -0.05) is 18.2 Å². The minimum atomic E-state index is -0.908. The quantitative estimate of drug-likeness (QED) is 0.546. The molecule has 8 rings (SSSR count). The molecule has 2 bridgehead atoms. The van der Waals surface area contributed by atoms with Crippen LogP contribution < -0.4 is 10.1 Å². The van der Waals surface area contributed by atoms with Crippen molar-refractivity contribution >= 4 is 28.7 Å². The zero-order valence-corrected chi connectivity index (χ0v) is 20.0. The van der Waals surface area contributed by atoms with Crippen LogP contribution in [0, 0.1) is 16.5 Å². The molecule has 1 N–H and O–H groups in total. The summed E-state index contributed by atoms with van der Waals surface area (Å²) in [5, 5.41) is 17.2. The lowest BCUT2D eigenvalue weighted by atomic mass is 9.46. The molecule has 2 unspecified atom stereocenters. The number of para-hydroxylation sites is 1. The normalized spacial score (nSPS) is 33.3. The lowest BCUT2D eigenvalue weighted by Gasteiger charge is -2.70. The number of amides is 1. The number of fused-ring (bicyclic) bond motifs is 3. The second-order valence-electron chi connectivity index (χ2n) is 11.0. The molecule has 5 aliphatic heterocycles. The standard InChI is InChI=1S/C28H27N3O4/c1-16(32)28-12-7-13-30(28)25(33)27-15-20-19-14-18(35-17-8-5-4-6-9-17)10-11-21(19)31(34)24(20)26(2,3)22(27)23(28)29-27/h4-6,8-11,14-15,22-23,29H,7,12-13H2,1-3H3/t22?,23?,27-,28+/m0/s1. The Morgan fingerprint density at radius 3 is 2.69 bits per heavy atom. The average Bonchev–Trinajstić information content (AvgIpc) is 3.37. The van der Waals surface area contributed by atoms with Crippen LogP contribution in [0.5, 0.6) is 11.5 Å². The number of nitrogens with one attached hydrogen (secondary N) is 1. The molecule has 1 spiro atoms. The van der Waals surface area contributed by atoms with Gasteiger partial charge in [0.05, 0.1) is 16.6 Å². The SMILES string of the molecule is CC(=O)[C@@]12CCCN1C(=O)[C@]13C=C4C(=[N+]([O-])c5ccc(Oc6ccccc6)cc54)C(C)(C)C1C2N3. The molecule has 7 heteroatoms. The number of nitrogens with zero attached hydrogens (tertiary/aromatic N) is 2. The molecule has 0 radical (unpaired) electrons. The summed E-state index contributed by atoms with van der Waals surface area (Å²) in [4.78, 5) is 28.8. The molecule has 0 aromatic heterocycles. The number of rotatable bonds is 3. The molecule has 4 atom stereocenters. The fourth-order valence-corrected chi connectivity index (χ4v) is 7.71. The Kier molecular flexibility index (Phi) is 3.82. The van der Waals surface area contributed by atoms with Crippen LogP contribution in [-0.2, 0) is 9.59 Å². The summed E-state index contributed by atoms with van der Waals surface area (Å²) in [6.45, 7) is 6.30. The second-order valence-corrected chi connectivity index (χ2v) is 11.0. The largest absolute Gasteiger partial charge is 0.618 e. The van der Waals surface area contributed by atoms with Crippen LogP contribution in [0.1, 0.15) is 39.2 Å². The van der Waals surface area contributed by atoms with Crippen molar-refractivity contribution in [1.82, 2.24) is 10.2 Å². The molecular formula is C28H27N3O4. The molecule has 1 aliphatic carbocycles. The topological polar surface area (TPSA) is 84.7 Å². The van der Waals surface area contributed by atoms with Gasteiger partial charge in [0.15, 0.2) is 5.78 Å². The van der Waals surface area contributed by atoms with E-state index < -0.39 is 16.5 Å². The second kappa shape index (κ2) is 6.40. The zero-order valence-electron chi connectivity index (χ0n) is 20.0. The Bertz CT molecular complexity index is 1390. The first-order valence-corrected chi connectivity index (χ1v) is 12.3. The van der Waals surface area contributed by atoms with Gasteiger partial charge in [-0.25, -0.2) is 0 Å². The van der Waals surface area contributed by atoms with E-state index >= 15 is 0 Å². The van der Waals surface area contributed by atoms with Gasteiger partial charge in [-0.2, -0.15) is 4.74 Å². The summed E-state index contributed by atoms with van der Waals surface area (Å²) >= 11 is 0. The van der Waals surface area contributed by atoms with E-state index in [9.17, 15) is 14.8 Å². The van der Waals surface area contributed by atoms with Gasteiger partial charge in [0.1, 0.15) is 22.6 Å². The lowest BCUT2D eigenvalue weighted by molar-refractivity contribution is -0.363. The maximum atomic E-state index is 14.0. The van der Waals surface area contributed by atoms with Crippen molar-refractivity contribution in [2.75, 3.05) is 6.54 Å². The van der Waals surface area contributed by atoms with Crippen molar-refractivity contribution in [3.8, 4) is 11.5 Å². The Morgan fingerprint density at radius 2 is 1.94 bits per heavy atom. The van der Waals surface area contributed by atoms with E-state index in [0.717, 1.165) is 22.3 Å². The summed E-state index contributed by atoms with van der Waals surface area (Å²) in [6.07, 6.45) is 3.45. The first-order valence-electron chi connectivity index (χ1n) is 12.3. The molecule has 4 fully saturated rings. The van der Waals surface area contributed by atoms with Crippen LogP contribution >= 0.6 is 0 Å². The third-order valence-electron chi connectivity index (χ3n) is 9.04. The summed E-state index contributed by atoms with van der Waals surface area (Å²) in [5.74, 6) is 1.16. The molecule has 2 aromatic carbocycles. The summed E-state index contributed by atoms with van der Waals surface area (Å²) in [5.41, 5.74) is 0.428. The maximum absolute atomic E-state index is 14.0. The number of ether oxygens (including phenoxy) is 1. The smallest absolute Gasteiger partial charge is 0.248 e. The van der Waals surface area contributed by atoms with E-state index in [2.05, 4.69) is 5.32 Å². The van der Waals surface area contributed by atoms with Crippen molar-refractivity contribution in [2.45, 2.75) is 50.7 Å². The van der Waals surface area contributed by atoms with Crippen LogP contribution in [0.4, 0.5) is 5.69 Å². The average molecular weight is 470 g/mol. The van der Waals surface area contributed by atoms with Crippen molar-refractivity contribution < 1.29 is 19.1 Å². The Hall–Kier alpha value is -3.45. The highest BCUT2D eigenvalue weighted by molar-refractivity contribution is 6.30. The maximum Gasteiger partial charge on any atom is 0.248 e. The number of ketones is 1. The van der Waals surface area contributed by atoms with Gasteiger partial charge in [0, 0.05) is 24.6 Å². The molecule has 2 aromatic rings. The third kappa shape index (κ3) is 2.28. The number of piperazine rings is 1. The van der Waals surface area contributed by atoms with Crippen molar-refractivity contribution in [3.05, 3.63) is 65.4 Å². The molecular weight excluding hydrogens is 442 g/mol. The van der Waals surface area contributed by atoms with Gasteiger partial charge in [0.25, 0.3) is 0 Å². The Labute approximate surface area is 203 Å². The highest BCUT2D eigenvalue weighted by Gasteiger charge is 2.79. The molecule has 0 saturated carbocycles. The highest BCUT2D eigenvalue weighted by Crippen LogP contribution is 2.63. The van der Waals surface area contributed by atoms with Crippen LogP contribution in [0.2, 0.25) is 0 Å². The van der Waals surface area contributed by atoms with Crippen molar-refractivity contribution in [3.63, 3.8) is 0 Å². The van der Waals surface area contributed by atoms with Gasteiger partial charge in [0.2, 0.25) is 17.3 Å². The molecule has 5 heterocycles. The van der Waals surface area contributed by atoms with E-state index in [1.807, 2.05) is 61.2 Å². The summed E-state index contributed by atoms with van der Waals surface area (Å²) in [7, 11) is 0. The zero-order chi connectivity index (χ0) is 24.3. The molecule has 178 valence electrons. The fourth-order valence-electron chi connectivity index (χ4n) is 7.71. The van der Waals surface area contributed by atoms with Crippen LogP contribution in [-0.4, -0.2) is 50.7 Å². The fraction of sp³-hybridized carbons (Fsp3) is 0.393. The number of hydrogen-bond acceptors (Lipinski definition) is 5. The van der Waals surface area contributed by atoms with Crippen LogP contribution in [0.25, 0.3) is 5.57 Å². The number of benzene rings is 2. The minimum absolute atomic E-state index is 0.0288. The van der Waals surface area contributed by atoms with E-state index in [0.29, 0.717) is 35.9 Å². The van der Waals surface area contributed by atoms with Gasteiger partial charge in [-0.05, 0) is 64.0 Å². The van der Waals surface area contributed by atoms with Crippen LogP contribution in [0.15, 0.2) is 54.6 Å². The predicted octanol–water partition coefficient (Wildman–Crippen LogP) is 3.79. The minimum Gasteiger partial charge on any atom is -0.618 e. The van der Waals surface area contributed by atoms with E-state index in [4.69, 9.17) is 4.74 Å². The number of Topliss-reactive ketones (excluding diaryl/α,β-unsaturated/α-hetero) is 1. The highest BCUT2D eigenvalue weighted by atomic mass is 16.5.